The lowest BCUT2D eigenvalue weighted by molar-refractivity contribution is 0.0951. The van der Waals surface area contributed by atoms with Crippen LogP contribution in [0.15, 0.2) is 72.8 Å². The molecule has 7 nitrogen and oxygen atoms in total. The summed E-state index contributed by atoms with van der Waals surface area (Å²) < 4.78 is 33.5. The highest BCUT2D eigenvalue weighted by Gasteiger charge is 2.27. The number of nitrogens with zero attached hydrogens (tertiary/aromatic N) is 3. The Labute approximate surface area is 228 Å². The van der Waals surface area contributed by atoms with Crippen molar-refractivity contribution in [1.29, 1.82) is 0 Å². The maximum absolute atomic E-state index is 13.2. The van der Waals surface area contributed by atoms with E-state index in [1.54, 1.807) is 24.3 Å². The molecule has 0 saturated carbocycles. The molecule has 1 amide bonds. The summed E-state index contributed by atoms with van der Waals surface area (Å²) >= 11 is 6.62. The van der Waals surface area contributed by atoms with Crippen LogP contribution < -0.4 is 9.62 Å². The van der Waals surface area contributed by atoms with Crippen LogP contribution >= 0.6 is 45.9 Å². The summed E-state index contributed by atoms with van der Waals surface area (Å²) in [5, 5.41) is 3.49. The Morgan fingerprint density at radius 1 is 1.03 bits per heavy atom. The van der Waals surface area contributed by atoms with Crippen molar-refractivity contribution in [2.75, 3.05) is 4.31 Å². The molecule has 0 saturated heterocycles. The monoisotopic (exact) mass is 638 g/mol. The highest BCUT2D eigenvalue weighted by molar-refractivity contribution is 14.1. The molecule has 1 unspecified atom stereocenters. The fourth-order valence-corrected chi connectivity index (χ4v) is 5.24. The minimum absolute atomic E-state index is 0.247. The van der Waals surface area contributed by atoms with E-state index in [4.69, 9.17) is 11.6 Å². The number of halogens is 2. The van der Waals surface area contributed by atoms with Gasteiger partial charge in [-0.05, 0) is 41.0 Å². The van der Waals surface area contributed by atoms with Crippen LogP contribution in [0.4, 0.5) is 11.5 Å². The van der Waals surface area contributed by atoms with Crippen molar-refractivity contribution in [2.24, 2.45) is 0 Å². The van der Waals surface area contributed by atoms with Crippen molar-refractivity contribution >= 4 is 74.6 Å². The molecule has 0 aliphatic heterocycles. The first kappa shape index (κ1) is 25.7. The Balaban J connectivity index is 1.68. The van der Waals surface area contributed by atoms with Gasteiger partial charge in [-0.3, -0.25) is 9.35 Å². The van der Waals surface area contributed by atoms with E-state index in [9.17, 15) is 13.6 Å². The molecule has 3 aromatic carbocycles. The summed E-state index contributed by atoms with van der Waals surface area (Å²) in [7, 11) is 0. The van der Waals surface area contributed by atoms with Crippen molar-refractivity contribution in [3.05, 3.63) is 106 Å². The second-order valence-corrected chi connectivity index (χ2v) is 10.1. The average Bonchev–Trinajstić information content (AvgIpc) is 3.31. The summed E-state index contributed by atoms with van der Waals surface area (Å²) in [6.07, 6.45) is 0.435. The van der Waals surface area contributed by atoms with Gasteiger partial charge in [0.15, 0.2) is 5.82 Å². The third kappa shape index (κ3) is 6.44. The van der Waals surface area contributed by atoms with Gasteiger partial charge in [0.1, 0.15) is 5.69 Å². The van der Waals surface area contributed by atoms with Gasteiger partial charge in [-0.2, -0.15) is 8.75 Å². The number of carbonyl (C=O) groups excluding carboxylic acids is 1. The van der Waals surface area contributed by atoms with Crippen LogP contribution in [-0.4, -0.2) is 23.4 Å². The second kappa shape index (κ2) is 12.0. The van der Waals surface area contributed by atoms with Gasteiger partial charge < -0.3 is 5.32 Å². The Morgan fingerprint density at radius 2 is 1.74 bits per heavy atom. The van der Waals surface area contributed by atoms with Crippen LogP contribution in [0.2, 0.25) is 5.02 Å². The molecule has 4 rings (SSSR count). The van der Waals surface area contributed by atoms with Gasteiger partial charge in [0.2, 0.25) is 0 Å². The molecule has 180 valence electrons. The zero-order valence-electron chi connectivity index (χ0n) is 18.2. The summed E-state index contributed by atoms with van der Waals surface area (Å²) in [6.45, 7) is 0.281. The van der Waals surface area contributed by atoms with Crippen molar-refractivity contribution in [3.8, 4) is 0 Å². The van der Waals surface area contributed by atoms with E-state index in [1.165, 1.54) is 0 Å². The van der Waals surface area contributed by atoms with Crippen molar-refractivity contribution < 1.29 is 13.6 Å². The number of aromatic nitrogens is 2. The standard InChI is InChI=1S/C24H20ClIN4O3S2/c25-19-9-6-17(7-10-19)15-27-24(31)20-11-8-18(14-26)13-22(20)30(35(32)33)23-21(28-34-29-23)12-16-4-2-1-3-5-16/h1-11,13H,12,14-15H2,(H,27,31)(H,32,33). The second-order valence-electron chi connectivity index (χ2n) is 7.52. The van der Waals surface area contributed by atoms with E-state index in [1.807, 2.05) is 48.5 Å². The molecule has 0 fully saturated rings. The molecule has 0 bridgehead atoms. The Kier molecular flexibility index (Phi) is 8.84. The molecule has 35 heavy (non-hydrogen) atoms. The normalized spacial score (nSPS) is 11.7. The van der Waals surface area contributed by atoms with Gasteiger partial charge in [0.05, 0.1) is 23.0 Å². The highest BCUT2D eigenvalue weighted by atomic mass is 127. The van der Waals surface area contributed by atoms with Gasteiger partial charge in [-0.15, -0.1) is 0 Å². The van der Waals surface area contributed by atoms with E-state index < -0.39 is 11.3 Å². The van der Waals surface area contributed by atoms with E-state index >= 15 is 0 Å². The molecule has 4 aromatic rings. The SMILES string of the molecule is O=C(NCc1ccc(Cl)cc1)c1ccc(CI)cc1N(c1nsnc1Cc1ccccc1)S(=O)O. The molecular weight excluding hydrogens is 619 g/mol. The number of rotatable bonds is 9. The predicted octanol–water partition coefficient (Wildman–Crippen LogP) is 5.92. The number of amides is 1. The third-order valence-corrected chi connectivity index (χ3v) is 7.52. The third-order valence-electron chi connectivity index (χ3n) is 5.15. The summed E-state index contributed by atoms with van der Waals surface area (Å²) in [4.78, 5) is 13.2. The van der Waals surface area contributed by atoms with Crippen LogP contribution in [0.1, 0.15) is 32.7 Å². The highest BCUT2D eigenvalue weighted by Crippen LogP contribution is 2.34. The van der Waals surface area contributed by atoms with E-state index in [-0.39, 0.29) is 29.5 Å². The fraction of sp³-hybridized carbons (Fsp3) is 0.125. The largest absolute Gasteiger partial charge is 0.348 e. The number of nitrogens with one attached hydrogen (secondary N) is 1. The molecular formula is C24H20ClIN4O3S2. The lowest BCUT2D eigenvalue weighted by Gasteiger charge is -2.22. The maximum atomic E-state index is 13.2. The number of hydrogen-bond donors (Lipinski definition) is 2. The Bertz CT molecular complexity index is 1340. The Morgan fingerprint density at radius 3 is 2.43 bits per heavy atom. The molecule has 0 spiro atoms. The van der Waals surface area contributed by atoms with Crippen LogP contribution in [0.3, 0.4) is 0 Å². The molecule has 0 aliphatic carbocycles. The van der Waals surface area contributed by atoms with Crippen molar-refractivity contribution in [3.63, 3.8) is 0 Å². The quantitative estimate of drug-likeness (QED) is 0.135. The molecule has 2 N–H and O–H groups in total. The first-order valence-corrected chi connectivity index (χ1v) is 14.1. The fourth-order valence-electron chi connectivity index (χ4n) is 3.43. The number of alkyl halides is 1. The number of hydrogen-bond acceptors (Lipinski definition) is 5. The topological polar surface area (TPSA) is 95.4 Å². The summed E-state index contributed by atoms with van der Waals surface area (Å²) in [5.74, 6) is -0.129. The first-order chi connectivity index (χ1) is 17.0. The van der Waals surface area contributed by atoms with E-state index in [0.29, 0.717) is 21.6 Å². The van der Waals surface area contributed by atoms with Gasteiger partial charge in [0.25, 0.3) is 17.2 Å². The van der Waals surface area contributed by atoms with Crippen LogP contribution in [0.5, 0.6) is 0 Å². The van der Waals surface area contributed by atoms with Gasteiger partial charge >= 0.3 is 0 Å². The molecule has 11 heteroatoms. The minimum Gasteiger partial charge on any atom is -0.348 e. The minimum atomic E-state index is -2.49. The lowest BCUT2D eigenvalue weighted by Crippen LogP contribution is -2.28. The van der Waals surface area contributed by atoms with Crippen molar-refractivity contribution in [2.45, 2.75) is 17.4 Å². The summed E-state index contributed by atoms with van der Waals surface area (Å²) in [5.41, 5.74) is 3.87. The van der Waals surface area contributed by atoms with Gasteiger partial charge in [-0.25, -0.2) is 8.51 Å². The van der Waals surface area contributed by atoms with Gasteiger partial charge in [0, 0.05) is 22.4 Å². The number of anilines is 2. The first-order valence-electron chi connectivity index (χ1n) is 10.4. The van der Waals surface area contributed by atoms with Crippen LogP contribution in [-0.2, 0) is 28.7 Å². The van der Waals surface area contributed by atoms with E-state index in [0.717, 1.165) is 32.7 Å². The maximum Gasteiger partial charge on any atom is 0.268 e. The van der Waals surface area contributed by atoms with Crippen molar-refractivity contribution in [1.82, 2.24) is 14.1 Å². The predicted molar refractivity (Wildman–Crippen MR) is 149 cm³/mol. The zero-order valence-corrected chi connectivity index (χ0v) is 22.8. The van der Waals surface area contributed by atoms with Crippen LogP contribution in [0.25, 0.3) is 0 Å². The molecule has 0 aliphatic rings. The number of carbonyl (C=O) groups is 1. The number of benzene rings is 3. The lowest BCUT2D eigenvalue weighted by atomic mass is 10.1. The van der Waals surface area contributed by atoms with Gasteiger partial charge in [-0.1, -0.05) is 82.7 Å². The molecule has 1 atom stereocenters. The zero-order chi connectivity index (χ0) is 24.8. The smallest absolute Gasteiger partial charge is 0.268 e. The molecule has 1 heterocycles. The molecule has 1 aromatic heterocycles. The average molecular weight is 639 g/mol. The summed E-state index contributed by atoms with van der Waals surface area (Å²) in [6, 6.07) is 22.1. The Hall–Kier alpha value is -2.38. The van der Waals surface area contributed by atoms with Crippen LogP contribution in [0, 0.1) is 0 Å². The molecule has 0 radical (unpaired) electrons. The van der Waals surface area contributed by atoms with E-state index in [2.05, 4.69) is 36.7 Å².